The summed E-state index contributed by atoms with van der Waals surface area (Å²) in [5, 5.41) is 0. The summed E-state index contributed by atoms with van der Waals surface area (Å²) in [6, 6.07) is 0. The van der Waals surface area contributed by atoms with Crippen LogP contribution in [-0.4, -0.2) is 11.5 Å². The molecule has 0 aliphatic rings. The standard InChI is InChI=1S/C10H22ClO3P/c1-2-3-4-5-6-7-8-9-10-14-15(11,12)13/h2-10H2,1H3,(H,12,13). The number of halogens is 1. The summed E-state index contributed by atoms with van der Waals surface area (Å²) in [4.78, 5) is 8.62. The first-order chi connectivity index (χ1) is 7.06. The maximum Gasteiger partial charge on any atom is 0.421 e. The maximum atomic E-state index is 10.5. The van der Waals surface area contributed by atoms with Crippen LogP contribution in [0.2, 0.25) is 0 Å². The highest BCUT2D eigenvalue weighted by Gasteiger charge is 2.12. The van der Waals surface area contributed by atoms with E-state index < -0.39 is 6.95 Å². The van der Waals surface area contributed by atoms with E-state index in [0.717, 1.165) is 12.8 Å². The Morgan fingerprint density at radius 2 is 1.53 bits per heavy atom. The van der Waals surface area contributed by atoms with Gasteiger partial charge in [0.15, 0.2) is 0 Å². The third-order valence-corrected chi connectivity index (χ3v) is 3.04. The molecule has 0 aliphatic carbocycles. The Kier molecular flexibility index (Phi) is 9.93. The summed E-state index contributed by atoms with van der Waals surface area (Å²) in [6.45, 7) is -1.27. The molecule has 0 saturated carbocycles. The van der Waals surface area contributed by atoms with Gasteiger partial charge in [-0.1, -0.05) is 51.9 Å². The van der Waals surface area contributed by atoms with Gasteiger partial charge in [0.05, 0.1) is 6.61 Å². The zero-order valence-corrected chi connectivity index (χ0v) is 11.1. The quantitative estimate of drug-likeness (QED) is 0.463. The lowest BCUT2D eigenvalue weighted by Gasteiger charge is -2.04. The topological polar surface area (TPSA) is 46.5 Å². The molecule has 0 radical (unpaired) electrons. The Morgan fingerprint density at radius 3 is 2.00 bits per heavy atom. The molecule has 0 spiro atoms. The molecule has 5 heteroatoms. The lowest BCUT2D eigenvalue weighted by molar-refractivity contribution is 0.266. The molecule has 0 saturated heterocycles. The zero-order valence-electron chi connectivity index (χ0n) is 9.45. The van der Waals surface area contributed by atoms with Crippen molar-refractivity contribution >= 4 is 18.2 Å². The Labute approximate surface area is 97.5 Å². The van der Waals surface area contributed by atoms with Gasteiger partial charge in [0.25, 0.3) is 0 Å². The molecule has 0 bridgehead atoms. The maximum absolute atomic E-state index is 10.5. The van der Waals surface area contributed by atoms with Crippen molar-refractivity contribution in [3.05, 3.63) is 0 Å². The highest BCUT2D eigenvalue weighted by atomic mass is 35.7. The molecule has 3 nitrogen and oxygen atoms in total. The van der Waals surface area contributed by atoms with Crippen LogP contribution in [0.5, 0.6) is 0 Å². The molecule has 1 N–H and O–H groups in total. The highest BCUT2D eigenvalue weighted by molar-refractivity contribution is 7.80. The Balaban J connectivity index is 3.02. The van der Waals surface area contributed by atoms with Gasteiger partial charge in [0.2, 0.25) is 0 Å². The molecule has 0 aromatic carbocycles. The van der Waals surface area contributed by atoms with E-state index in [0.29, 0.717) is 0 Å². The van der Waals surface area contributed by atoms with E-state index in [1.165, 1.54) is 38.5 Å². The van der Waals surface area contributed by atoms with Gasteiger partial charge in [0, 0.05) is 11.2 Å². The van der Waals surface area contributed by atoms with Crippen LogP contribution < -0.4 is 0 Å². The molecule has 1 atom stereocenters. The summed E-state index contributed by atoms with van der Waals surface area (Å²) in [5.41, 5.74) is 0. The fraction of sp³-hybridized carbons (Fsp3) is 1.00. The van der Waals surface area contributed by atoms with Crippen LogP contribution in [0.25, 0.3) is 0 Å². The predicted molar refractivity (Wildman–Crippen MR) is 64.2 cm³/mol. The van der Waals surface area contributed by atoms with Crippen molar-refractivity contribution in [1.82, 2.24) is 0 Å². The molecule has 0 rings (SSSR count). The van der Waals surface area contributed by atoms with Crippen molar-refractivity contribution in [1.29, 1.82) is 0 Å². The van der Waals surface area contributed by atoms with E-state index in [4.69, 9.17) is 16.1 Å². The fourth-order valence-corrected chi connectivity index (χ4v) is 1.97. The van der Waals surface area contributed by atoms with E-state index >= 15 is 0 Å². The van der Waals surface area contributed by atoms with Gasteiger partial charge in [-0.2, -0.15) is 0 Å². The monoisotopic (exact) mass is 256 g/mol. The molecule has 0 fully saturated rings. The normalized spacial score (nSPS) is 15.1. The van der Waals surface area contributed by atoms with Crippen molar-refractivity contribution < 1.29 is 14.0 Å². The molecule has 1 unspecified atom stereocenters. The lowest BCUT2D eigenvalue weighted by Crippen LogP contribution is -1.89. The van der Waals surface area contributed by atoms with E-state index in [9.17, 15) is 4.57 Å². The van der Waals surface area contributed by atoms with Crippen LogP contribution >= 0.6 is 18.2 Å². The minimum Gasteiger partial charge on any atom is -0.313 e. The smallest absolute Gasteiger partial charge is 0.313 e. The second kappa shape index (κ2) is 9.65. The molecule has 0 amide bonds. The lowest BCUT2D eigenvalue weighted by atomic mass is 10.1. The summed E-state index contributed by atoms with van der Waals surface area (Å²) in [5.74, 6) is 0. The predicted octanol–water partition coefficient (Wildman–Crippen LogP) is 4.48. The van der Waals surface area contributed by atoms with Gasteiger partial charge in [-0.3, -0.25) is 4.52 Å². The van der Waals surface area contributed by atoms with Gasteiger partial charge in [0.1, 0.15) is 0 Å². The van der Waals surface area contributed by atoms with Gasteiger partial charge < -0.3 is 4.89 Å². The summed E-state index contributed by atoms with van der Waals surface area (Å²) in [6.07, 6.45) is 9.48. The minimum absolute atomic E-state index is 0.284. The minimum atomic E-state index is -3.76. The first kappa shape index (κ1) is 15.4. The average molecular weight is 257 g/mol. The second-order valence-electron chi connectivity index (χ2n) is 3.76. The second-order valence-corrected chi connectivity index (χ2v) is 6.20. The van der Waals surface area contributed by atoms with Crippen molar-refractivity contribution in [3.63, 3.8) is 0 Å². The van der Waals surface area contributed by atoms with E-state index in [1.807, 2.05) is 0 Å². The molecular formula is C10H22ClO3P. The summed E-state index contributed by atoms with van der Waals surface area (Å²) >= 11 is 5.02. The molecule has 92 valence electrons. The van der Waals surface area contributed by atoms with E-state index in [2.05, 4.69) is 11.4 Å². The Hall–Kier alpha value is 0.440. The Bertz CT molecular complexity index is 182. The van der Waals surface area contributed by atoms with Gasteiger partial charge >= 0.3 is 6.95 Å². The zero-order chi connectivity index (χ0) is 11.6. The number of rotatable bonds is 10. The van der Waals surface area contributed by atoms with Crippen LogP contribution in [0.15, 0.2) is 0 Å². The van der Waals surface area contributed by atoms with Gasteiger partial charge in [-0.05, 0) is 6.42 Å². The Morgan fingerprint density at radius 1 is 1.07 bits per heavy atom. The van der Waals surface area contributed by atoms with Crippen LogP contribution in [0.1, 0.15) is 58.3 Å². The third kappa shape index (κ3) is 14.4. The van der Waals surface area contributed by atoms with Crippen molar-refractivity contribution in [3.8, 4) is 0 Å². The molecule has 0 heterocycles. The van der Waals surface area contributed by atoms with Crippen molar-refractivity contribution in [2.45, 2.75) is 58.3 Å². The molecule has 0 aromatic heterocycles. The number of hydrogen-bond acceptors (Lipinski definition) is 2. The fourth-order valence-electron chi connectivity index (χ4n) is 1.41. The number of unbranched alkanes of at least 4 members (excludes halogenated alkanes) is 7. The van der Waals surface area contributed by atoms with E-state index in [1.54, 1.807) is 0 Å². The van der Waals surface area contributed by atoms with Crippen molar-refractivity contribution in [2.24, 2.45) is 0 Å². The van der Waals surface area contributed by atoms with E-state index in [-0.39, 0.29) is 6.61 Å². The van der Waals surface area contributed by atoms with Crippen molar-refractivity contribution in [2.75, 3.05) is 6.61 Å². The van der Waals surface area contributed by atoms with Crippen LogP contribution in [0, 0.1) is 0 Å². The van der Waals surface area contributed by atoms with Gasteiger partial charge in [-0.15, -0.1) is 0 Å². The average Bonchev–Trinajstić information content (AvgIpc) is 2.14. The SMILES string of the molecule is CCCCCCCCCCOP(=O)(O)Cl. The summed E-state index contributed by atoms with van der Waals surface area (Å²) in [7, 11) is 0. The first-order valence-electron chi connectivity index (χ1n) is 5.73. The molecule has 0 aliphatic heterocycles. The molecule has 0 aromatic rings. The van der Waals surface area contributed by atoms with Gasteiger partial charge in [-0.25, -0.2) is 4.57 Å². The molecular weight excluding hydrogens is 235 g/mol. The van der Waals surface area contributed by atoms with Crippen LogP contribution in [0.3, 0.4) is 0 Å². The largest absolute Gasteiger partial charge is 0.421 e. The third-order valence-electron chi connectivity index (χ3n) is 2.25. The number of hydrogen-bond donors (Lipinski definition) is 1. The van der Waals surface area contributed by atoms with Crippen LogP contribution in [-0.2, 0) is 9.09 Å². The van der Waals surface area contributed by atoms with Crippen LogP contribution in [0.4, 0.5) is 0 Å². The first-order valence-corrected chi connectivity index (χ1v) is 8.21. The highest BCUT2D eigenvalue weighted by Crippen LogP contribution is 2.47. The molecule has 15 heavy (non-hydrogen) atoms. The summed E-state index contributed by atoms with van der Waals surface area (Å²) < 4.78 is 15.1.